The quantitative estimate of drug-likeness (QED) is 0.892. The number of hydrogen-bond donors (Lipinski definition) is 1. The van der Waals surface area contributed by atoms with E-state index in [4.69, 9.17) is 0 Å². The molecule has 2 rings (SSSR count). The molecular formula is C17H19BrN2O. The highest BCUT2D eigenvalue weighted by atomic mass is 79.9. The minimum absolute atomic E-state index is 0.0614. The lowest BCUT2D eigenvalue weighted by Gasteiger charge is -2.18. The fourth-order valence-corrected chi connectivity index (χ4v) is 2.65. The number of nitrogens with one attached hydrogen (secondary N) is 1. The van der Waals surface area contributed by atoms with E-state index in [1.54, 1.807) is 4.90 Å². The van der Waals surface area contributed by atoms with E-state index in [2.05, 4.69) is 21.2 Å². The van der Waals surface area contributed by atoms with Crippen LogP contribution in [0.2, 0.25) is 0 Å². The summed E-state index contributed by atoms with van der Waals surface area (Å²) in [6, 6.07) is 16.0. The van der Waals surface area contributed by atoms with Gasteiger partial charge < -0.3 is 10.2 Å². The van der Waals surface area contributed by atoms with E-state index < -0.39 is 0 Å². The van der Waals surface area contributed by atoms with Gasteiger partial charge in [0.25, 0.3) is 0 Å². The topological polar surface area (TPSA) is 32.3 Å². The molecule has 0 aliphatic carbocycles. The lowest BCUT2D eigenvalue weighted by Crippen LogP contribution is -2.31. The molecule has 0 unspecified atom stereocenters. The van der Waals surface area contributed by atoms with Gasteiger partial charge in [-0.05, 0) is 46.1 Å². The molecule has 0 heterocycles. The summed E-state index contributed by atoms with van der Waals surface area (Å²) in [5, 5.41) is 3.17. The van der Waals surface area contributed by atoms with Crippen LogP contribution in [0.15, 0.2) is 53.0 Å². The Labute approximate surface area is 134 Å². The first-order valence-electron chi connectivity index (χ1n) is 6.84. The van der Waals surface area contributed by atoms with Crippen LogP contribution in [0.25, 0.3) is 0 Å². The Morgan fingerprint density at radius 3 is 2.57 bits per heavy atom. The molecule has 1 N–H and O–H groups in total. The van der Waals surface area contributed by atoms with Gasteiger partial charge in [0.05, 0.1) is 6.54 Å². The number of benzene rings is 2. The highest BCUT2D eigenvalue weighted by molar-refractivity contribution is 9.10. The summed E-state index contributed by atoms with van der Waals surface area (Å²) in [6.07, 6.45) is 0. The Morgan fingerprint density at radius 1 is 1.19 bits per heavy atom. The van der Waals surface area contributed by atoms with Crippen LogP contribution < -0.4 is 5.32 Å². The van der Waals surface area contributed by atoms with Gasteiger partial charge in [0, 0.05) is 23.8 Å². The zero-order chi connectivity index (χ0) is 15.2. The molecule has 0 atom stereocenters. The SMILES string of the molecule is Cc1ccc(NCC(=O)N(C)Cc2ccccc2)c(Br)c1. The summed E-state index contributed by atoms with van der Waals surface area (Å²) >= 11 is 3.50. The number of nitrogens with zero attached hydrogens (tertiary/aromatic N) is 1. The predicted octanol–water partition coefficient (Wildman–Crippen LogP) is 3.83. The highest BCUT2D eigenvalue weighted by Gasteiger charge is 2.09. The van der Waals surface area contributed by atoms with Crippen molar-refractivity contribution in [2.75, 3.05) is 18.9 Å². The first kappa shape index (κ1) is 15.6. The molecular weight excluding hydrogens is 328 g/mol. The van der Waals surface area contributed by atoms with E-state index in [0.29, 0.717) is 6.54 Å². The molecule has 4 heteroatoms. The number of carbonyl (C=O) groups is 1. The van der Waals surface area contributed by atoms with Crippen molar-refractivity contribution in [3.8, 4) is 0 Å². The van der Waals surface area contributed by atoms with Crippen LogP contribution in [-0.2, 0) is 11.3 Å². The van der Waals surface area contributed by atoms with Crippen LogP contribution in [0.5, 0.6) is 0 Å². The second kappa shape index (κ2) is 7.27. The summed E-state index contributed by atoms with van der Waals surface area (Å²) in [4.78, 5) is 13.9. The summed E-state index contributed by atoms with van der Waals surface area (Å²) in [5.41, 5.74) is 3.24. The number of amides is 1. The number of hydrogen-bond acceptors (Lipinski definition) is 2. The van der Waals surface area contributed by atoms with Crippen LogP contribution in [0.3, 0.4) is 0 Å². The number of aryl methyl sites for hydroxylation is 1. The monoisotopic (exact) mass is 346 g/mol. The molecule has 0 bridgehead atoms. The molecule has 2 aromatic carbocycles. The van der Waals surface area contributed by atoms with Crippen molar-refractivity contribution in [2.24, 2.45) is 0 Å². The smallest absolute Gasteiger partial charge is 0.241 e. The molecule has 0 spiro atoms. The second-order valence-electron chi connectivity index (χ2n) is 5.07. The molecule has 3 nitrogen and oxygen atoms in total. The van der Waals surface area contributed by atoms with Gasteiger partial charge in [-0.2, -0.15) is 0 Å². The van der Waals surface area contributed by atoms with Crippen molar-refractivity contribution in [3.05, 3.63) is 64.1 Å². The first-order valence-corrected chi connectivity index (χ1v) is 7.63. The molecule has 0 saturated heterocycles. The van der Waals surface area contributed by atoms with Crippen molar-refractivity contribution in [3.63, 3.8) is 0 Å². The molecule has 110 valence electrons. The Kier molecular flexibility index (Phi) is 5.39. The largest absolute Gasteiger partial charge is 0.375 e. The maximum absolute atomic E-state index is 12.1. The van der Waals surface area contributed by atoms with Gasteiger partial charge in [-0.25, -0.2) is 0 Å². The third-order valence-corrected chi connectivity index (χ3v) is 3.90. The molecule has 0 fully saturated rings. The fourth-order valence-electron chi connectivity index (χ4n) is 2.01. The zero-order valence-corrected chi connectivity index (χ0v) is 13.9. The molecule has 0 radical (unpaired) electrons. The minimum Gasteiger partial charge on any atom is -0.375 e. The van der Waals surface area contributed by atoms with Gasteiger partial charge in [-0.1, -0.05) is 36.4 Å². The molecule has 21 heavy (non-hydrogen) atoms. The molecule has 2 aromatic rings. The molecule has 0 aromatic heterocycles. The van der Waals surface area contributed by atoms with Crippen LogP contribution in [0.4, 0.5) is 5.69 Å². The van der Waals surface area contributed by atoms with Gasteiger partial charge in [0.2, 0.25) is 5.91 Å². The third-order valence-electron chi connectivity index (χ3n) is 3.24. The van der Waals surface area contributed by atoms with E-state index >= 15 is 0 Å². The number of anilines is 1. The van der Waals surface area contributed by atoms with Crippen molar-refractivity contribution in [1.82, 2.24) is 4.90 Å². The third kappa shape index (κ3) is 4.60. The Morgan fingerprint density at radius 2 is 1.90 bits per heavy atom. The van der Waals surface area contributed by atoms with Gasteiger partial charge in [-0.3, -0.25) is 4.79 Å². The second-order valence-corrected chi connectivity index (χ2v) is 5.93. The van der Waals surface area contributed by atoms with Crippen LogP contribution in [0.1, 0.15) is 11.1 Å². The lowest BCUT2D eigenvalue weighted by atomic mass is 10.2. The zero-order valence-electron chi connectivity index (χ0n) is 12.3. The summed E-state index contributed by atoms with van der Waals surface area (Å²) in [5.74, 6) is 0.0614. The van der Waals surface area contributed by atoms with Gasteiger partial charge in [-0.15, -0.1) is 0 Å². The van der Waals surface area contributed by atoms with Gasteiger partial charge in [0.15, 0.2) is 0 Å². The van der Waals surface area contributed by atoms with E-state index in [1.807, 2.05) is 62.5 Å². The van der Waals surface area contributed by atoms with E-state index in [9.17, 15) is 4.79 Å². The summed E-state index contributed by atoms with van der Waals surface area (Å²) < 4.78 is 0.973. The Bertz CT molecular complexity index is 613. The molecule has 1 amide bonds. The van der Waals surface area contributed by atoms with Crippen molar-refractivity contribution >= 4 is 27.5 Å². The Hall–Kier alpha value is -1.81. The van der Waals surface area contributed by atoms with E-state index in [1.165, 1.54) is 5.56 Å². The molecule has 0 saturated carbocycles. The molecule has 0 aliphatic rings. The average molecular weight is 347 g/mol. The predicted molar refractivity (Wildman–Crippen MR) is 90.3 cm³/mol. The lowest BCUT2D eigenvalue weighted by molar-refractivity contribution is -0.128. The minimum atomic E-state index is 0.0614. The van der Waals surface area contributed by atoms with Crippen LogP contribution in [-0.4, -0.2) is 24.4 Å². The van der Waals surface area contributed by atoms with Crippen molar-refractivity contribution in [2.45, 2.75) is 13.5 Å². The van der Waals surface area contributed by atoms with E-state index in [0.717, 1.165) is 15.7 Å². The summed E-state index contributed by atoms with van der Waals surface area (Å²) in [7, 11) is 1.82. The highest BCUT2D eigenvalue weighted by Crippen LogP contribution is 2.23. The number of likely N-dealkylation sites (N-methyl/N-ethyl adjacent to an activating group) is 1. The van der Waals surface area contributed by atoms with Crippen LogP contribution in [0, 0.1) is 6.92 Å². The normalized spacial score (nSPS) is 10.2. The van der Waals surface area contributed by atoms with E-state index in [-0.39, 0.29) is 12.5 Å². The average Bonchev–Trinajstić information content (AvgIpc) is 2.47. The number of rotatable bonds is 5. The van der Waals surface area contributed by atoms with Gasteiger partial charge in [0.1, 0.15) is 0 Å². The Balaban J connectivity index is 1.89. The maximum atomic E-state index is 12.1. The van der Waals surface area contributed by atoms with Crippen molar-refractivity contribution < 1.29 is 4.79 Å². The van der Waals surface area contributed by atoms with Gasteiger partial charge >= 0.3 is 0 Å². The first-order chi connectivity index (χ1) is 10.1. The number of halogens is 1. The molecule has 0 aliphatic heterocycles. The fraction of sp³-hybridized carbons (Fsp3) is 0.235. The standard InChI is InChI=1S/C17H19BrN2O/c1-13-8-9-16(15(18)10-13)19-11-17(21)20(2)12-14-6-4-3-5-7-14/h3-10,19H,11-12H2,1-2H3. The number of carbonyl (C=O) groups excluding carboxylic acids is 1. The van der Waals surface area contributed by atoms with Crippen LogP contribution >= 0.6 is 15.9 Å². The maximum Gasteiger partial charge on any atom is 0.241 e. The summed E-state index contributed by atoms with van der Waals surface area (Å²) in [6.45, 7) is 2.94. The van der Waals surface area contributed by atoms with Crippen molar-refractivity contribution in [1.29, 1.82) is 0 Å².